The minimum atomic E-state index is -0.659. The summed E-state index contributed by atoms with van der Waals surface area (Å²) in [7, 11) is 0. The first-order valence-corrected chi connectivity index (χ1v) is 11.7. The lowest BCUT2D eigenvalue weighted by molar-refractivity contribution is -0.129. The minimum absolute atomic E-state index is 0.0427. The van der Waals surface area contributed by atoms with Crippen molar-refractivity contribution in [1.29, 1.82) is 0 Å². The van der Waals surface area contributed by atoms with Crippen LogP contribution in [0.4, 0.5) is 15.8 Å². The van der Waals surface area contributed by atoms with Gasteiger partial charge in [-0.15, -0.1) is 0 Å². The van der Waals surface area contributed by atoms with E-state index in [1.54, 1.807) is 29.2 Å². The summed E-state index contributed by atoms with van der Waals surface area (Å²) >= 11 is 7.34. The third-order valence-corrected chi connectivity index (χ3v) is 6.47. The van der Waals surface area contributed by atoms with Crippen molar-refractivity contribution in [3.05, 3.63) is 95.3 Å². The number of thioether (sulfide) groups is 1. The Hall–Kier alpha value is -3.16. The highest BCUT2D eigenvalue weighted by Gasteiger charge is 2.35. The Morgan fingerprint density at radius 3 is 2.58 bits per heavy atom. The molecule has 168 valence electrons. The van der Waals surface area contributed by atoms with Crippen molar-refractivity contribution in [3.8, 4) is 0 Å². The van der Waals surface area contributed by atoms with E-state index in [9.17, 15) is 14.0 Å². The second-order valence-corrected chi connectivity index (χ2v) is 9.07. The van der Waals surface area contributed by atoms with Crippen LogP contribution in [0.5, 0.6) is 0 Å². The molecule has 1 aliphatic rings. The molecule has 8 heteroatoms. The molecular weight excluding hydrogens is 461 g/mol. The Labute approximate surface area is 200 Å². The van der Waals surface area contributed by atoms with Gasteiger partial charge in [0.1, 0.15) is 11.1 Å². The van der Waals surface area contributed by atoms with E-state index in [0.29, 0.717) is 34.5 Å². The van der Waals surface area contributed by atoms with Crippen molar-refractivity contribution in [2.75, 3.05) is 11.9 Å². The summed E-state index contributed by atoms with van der Waals surface area (Å²) in [5.74, 6) is -0.897. The molecule has 0 aromatic heterocycles. The number of carbonyl (C=O) groups excluding carboxylic acids is 2. The zero-order valence-corrected chi connectivity index (χ0v) is 19.2. The molecule has 1 unspecified atom stereocenters. The van der Waals surface area contributed by atoms with E-state index in [0.717, 1.165) is 5.56 Å². The van der Waals surface area contributed by atoms with Crippen molar-refractivity contribution in [2.45, 2.75) is 18.1 Å². The number of halogens is 2. The van der Waals surface area contributed by atoms with E-state index in [1.807, 2.05) is 30.3 Å². The average Bonchev–Trinajstić information content (AvgIpc) is 2.80. The number of hydrogen-bond acceptors (Lipinski definition) is 4. The molecule has 1 heterocycles. The molecule has 2 amide bonds. The fourth-order valence-electron chi connectivity index (χ4n) is 3.36. The Morgan fingerprint density at radius 2 is 1.85 bits per heavy atom. The Balaban J connectivity index is 1.55. The number of carbonyl (C=O) groups is 2. The van der Waals surface area contributed by atoms with Gasteiger partial charge >= 0.3 is 0 Å². The van der Waals surface area contributed by atoms with Crippen molar-refractivity contribution < 1.29 is 14.0 Å². The molecule has 33 heavy (non-hydrogen) atoms. The Bertz CT molecular complexity index is 1170. The molecule has 0 radical (unpaired) electrons. The number of nitrogens with zero attached hydrogens (tertiary/aromatic N) is 2. The highest BCUT2D eigenvalue weighted by molar-refractivity contribution is 8.15. The van der Waals surface area contributed by atoms with Crippen LogP contribution in [-0.4, -0.2) is 33.7 Å². The third kappa shape index (κ3) is 6.21. The largest absolute Gasteiger partial charge is 0.325 e. The molecule has 5 nitrogen and oxygen atoms in total. The Kier molecular flexibility index (Phi) is 7.42. The molecule has 1 saturated heterocycles. The normalized spacial score (nSPS) is 17.3. The first-order chi connectivity index (χ1) is 16.0. The predicted octanol–water partition coefficient (Wildman–Crippen LogP) is 5.68. The van der Waals surface area contributed by atoms with Crippen LogP contribution in [-0.2, 0) is 16.0 Å². The lowest BCUT2D eigenvalue weighted by Crippen LogP contribution is -2.46. The fourth-order valence-corrected chi connectivity index (χ4v) is 4.67. The van der Waals surface area contributed by atoms with Crippen LogP contribution >= 0.6 is 23.4 Å². The summed E-state index contributed by atoms with van der Waals surface area (Å²) in [4.78, 5) is 32.2. The average molecular weight is 482 g/mol. The van der Waals surface area contributed by atoms with E-state index >= 15 is 0 Å². The Morgan fingerprint density at radius 1 is 1.09 bits per heavy atom. The van der Waals surface area contributed by atoms with Crippen molar-refractivity contribution in [1.82, 2.24) is 4.90 Å². The number of amides is 2. The number of amidine groups is 1. The quantitative estimate of drug-likeness (QED) is 0.492. The van der Waals surface area contributed by atoms with Crippen LogP contribution in [0.1, 0.15) is 12.0 Å². The van der Waals surface area contributed by atoms with Gasteiger partial charge in [-0.25, -0.2) is 9.38 Å². The highest BCUT2D eigenvalue weighted by Crippen LogP contribution is 2.30. The summed E-state index contributed by atoms with van der Waals surface area (Å²) in [6.07, 6.45) is 0.704. The minimum Gasteiger partial charge on any atom is -0.325 e. The molecular formula is C25H21ClFN3O2S. The summed E-state index contributed by atoms with van der Waals surface area (Å²) in [6, 6.07) is 22.4. The van der Waals surface area contributed by atoms with Gasteiger partial charge in [0.2, 0.25) is 11.8 Å². The first kappa shape index (κ1) is 23.0. The summed E-state index contributed by atoms with van der Waals surface area (Å²) in [5.41, 5.74) is 2.17. The molecule has 0 saturated carbocycles. The van der Waals surface area contributed by atoms with Gasteiger partial charge < -0.3 is 5.32 Å². The standard InChI is InChI=1S/C25H21ClFN3O2S/c26-18-7-4-8-21(15-18)29-25-30(14-13-17-5-2-1-3-6-17)23(31)16-22(33-25)24(32)28-20-11-9-19(27)10-12-20/h1-12,15,22H,13-14,16H2,(H,28,32). The molecule has 1 fully saturated rings. The molecule has 0 bridgehead atoms. The highest BCUT2D eigenvalue weighted by atomic mass is 35.5. The number of benzene rings is 3. The lowest BCUT2D eigenvalue weighted by Gasteiger charge is -2.32. The van der Waals surface area contributed by atoms with Crippen LogP contribution in [0.3, 0.4) is 0 Å². The molecule has 0 spiro atoms. The van der Waals surface area contributed by atoms with Crippen molar-refractivity contribution in [2.24, 2.45) is 4.99 Å². The smallest absolute Gasteiger partial charge is 0.238 e. The maximum absolute atomic E-state index is 13.2. The topological polar surface area (TPSA) is 61.8 Å². The summed E-state index contributed by atoms with van der Waals surface area (Å²) < 4.78 is 13.2. The van der Waals surface area contributed by atoms with Crippen molar-refractivity contribution >= 4 is 51.7 Å². The molecule has 3 aromatic carbocycles. The molecule has 0 aliphatic carbocycles. The first-order valence-electron chi connectivity index (χ1n) is 10.4. The fraction of sp³-hybridized carbons (Fsp3) is 0.160. The maximum atomic E-state index is 13.2. The maximum Gasteiger partial charge on any atom is 0.238 e. The number of aliphatic imine (C=N–C) groups is 1. The zero-order valence-electron chi connectivity index (χ0n) is 17.6. The van der Waals surface area contributed by atoms with Crippen LogP contribution in [0.2, 0.25) is 5.02 Å². The van der Waals surface area contributed by atoms with Crippen LogP contribution in [0.15, 0.2) is 83.9 Å². The van der Waals surface area contributed by atoms with Gasteiger partial charge in [0.15, 0.2) is 5.17 Å². The van der Waals surface area contributed by atoms with Gasteiger partial charge in [0.25, 0.3) is 0 Å². The molecule has 1 aliphatic heterocycles. The summed E-state index contributed by atoms with van der Waals surface area (Å²) in [6.45, 7) is 0.446. The second kappa shape index (κ2) is 10.6. The molecule has 3 aromatic rings. The SMILES string of the molecule is O=C(Nc1ccc(F)cc1)C1CC(=O)N(CCc2ccccc2)C(=Nc2cccc(Cl)c2)S1. The molecule has 4 rings (SSSR count). The summed E-state index contributed by atoms with van der Waals surface area (Å²) in [5, 5.41) is 3.07. The van der Waals surface area contributed by atoms with Gasteiger partial charge in [-0.1, -0.05) is 59.8 Å². The predicted molar refractivity (Wildman–Crippen MR) is 131 cm³/mol. The number of hydrogen-bond donors (Lipinski definition) is 1. The van der Waals surface area contributed by atoms with E-state index < -0.39 is 5.25 Å². The van der Waals surface area contributed by atoms with E-state index in [-0.39, 0.29) is 24.1 Å². The zero-order chi connectivity index (χ0) is 23.2. The van der Waals surface area contributed by atoms with Crippen molar-refractivity contribution in [3.63, 3.8) is 0 Å². The van der Waals surface area contributed by atoms with E-state index in [2.05, 4.69) is 10.3 Å². The lowest BCUT2D eigenvalue weighted by atomic mass is 10.1. The monoisotopic (exact) mass is 481 g/mol. The van der Waals surface area contributed by atoms with Gasteiger partial charge in [0.05, 0.1) is 5.69 Å². The van der Waals surface area contributed by atoms with Crippen LogP contribution < -0.4 is 5.32 Å². The van der Waals surface area contributed by atoms with Crippen LogP contribution in [0, 0.1) is 5.82 Å². The van der Waals surface area contributed by atoms with Gasteiger partial charge in [-0.2, -0.15) is 0 Å². The molecule has 1 N–H and O–H groups in total. The second-order valence-electron chi connectivity index (χ2n) is 7.46. The number of rotatable bonds is 6. The van der Waals surface area contributed by atoms with Crippen LogP contribution in [0.25, 0.3) is 0 Å². The van der Waals surface area contributed by atoms with Gasteiger partial charge in [-0.3, -0.25) is 14.5 Å². The number of nitrogens with one attached hydrogen (secondary N) is 1. The van der Waals surface area contributed by atoms with E-state index in [1.165, 1.54) is 36.0 Å². The third-order valence-electron chi connectivity index (χ3n) is 5.04. The van der Waals surface area contributed by atoms with E-state index in [4.69, 9.17) is 11.6 Å². The van der Waals surface area contributed by atoms with Gasteiger partial charge in [-0.05, 0) is 54.4 Å². The number of anilines is 1. The van der Waals surface area contributed by atoms with Gasteiger partial charge in [0, 0.05) is 23.7 Å². The molecule has 1 atom stereocenters.